The van der Waals surface area contributed by atoms with Gasteiger partial charge in [-0.15, -0.1) is 0 Å². The van der Waals surface area contributed by atoms with Crippen LogP contribution >= 0.6 is 0 Å². The van der Waals surface area contributed by atoms with E-state index in [4.69, 9.17) is 18.9 Å². The van der Waals surface area contributed by atoms with Crippen LogP contribution in [0.3, 0.4) is 0 Å². The van der Waals surface area contributed by atoms with Gasteiger partial charge in [0.2, 0.25) is 0 Å². The maximum Gasteiger partial charge on any atom is 0.397 e. The molecule has 0 aromatic carbocycles. The summed E-state index contributed by atoms with van der Waals surface area (Å²) in [6, 6.07) is 0. The number of ether oxygens (including phenoxy) is 4. The molecule has 70 heavy (non-hydrogen) atoms. The van der Waals surface area contributed by atoms with E-state index in [9.17, 15) is 33.1 Å². The van der Waals surface area contributed by atoms with Crippen molar-refractivity contribution in [3.8, 4) is 0 Å². The highest BCUT2D eigenvalue weighted by Crippen LogP contribution is 2.26. The van der Waals surface area contributed by atoms with Crippen LogP contribution in [0.5, 0.6) is 0 Å². The predicted molar refractivity (Wildman–Crippen MR) is 284 cm³/mol. The lowest BCUT2D eigenvalue weighted by molar-refractivity contribution is -0.301. The summed E-state index contributed by atoms with van der Waals surface area (Å²) < 4.78 is 59.2. The minimum Gasteiger partial charge on any atom is -0.457 e. The molecule has 0 amide bonds. The Morgan fingerprint density at radius 3 is 1.37 bits per heavy atom. The summed E-state index contributed by atoms with van der Waals surface area (Å²) in [6.07, 6.45) is 58.1. The largest absolute Gasteiger partial charge is 0.457 e. The number of esters is 1. The fourth-order valence-electron chi connectivity index (χ4n) is 7.20. The quantitative estimate of drug-likeness (QED) is 0.0197. The van der Waals surface area contributed by atoms with Crippen molar-refractivity contribution in [1.29, 1.82) is 0 Å². The zero-order chi connectivity index (χ0) is 51.0. The summed E-state index contributed by atoms with van der Waals surface area (Å²) in [4.78, 5) is 12.9. The van der Waals surface area contributed by atoms with E-state index in [1.54, 1.807) is 0 Å². The molecule has 6 unspecified atom stereocenters. The number of carbonyl (C=O) groups is 1. The highest BCUT2D eigenvalue weighted by atomic mass is 32.3. The summed E-state index contributed by atoms with van der Waals surface area (Å²) in [5.41, 5.74) is 0. The van der Waals surface area contributed by atoms with E-state index in [1.165, 1.54) is 44.9 Å². The lowest BCUT2D eigenvalue weighted by atomic mass is 9.99. The number of carbonyl (C=O) groups excluding carboxylic acids is 1. The highest BCUT2D eigenvalue weighted by Gasteiger charge is 2.48. The maximum absolute atomic E-state index is 12.9. The van der Waals surface area contributed by atoms with Gasteiger partial charge in [-0.1, -0.05) is 187 Å². The number of allylic oxidation sites excluding steroid dienone is 20. The van der Waals surface area contributed by atoms with Crippen LogP contribution in [0.1, 0.15) is 168 Å². The summed E-state index contributed by atoms with van der Waals surface area (Å²) in [6.45, 7) is 3.66. The Bertz CT molecular complexity index is 1670. The molecule has 1 saturated heterocycles. The second kappa shape index (κ2) is 46.6. The Kier molecular flexibility index (Phi) is 42.9. The van der Waals surface area contributed by atoms with Crippen LogP contribution in [0.4, 0.5) is 0 Å². The third-order valence-electron chi connectivity index (χ3n) is 11.1. The molecule has 13 heteroatoms. The van der Waals surface area contributed by atoms with E-state index >= 15 is 0 Å². The lowest BCUT2D eigenvalue weighted by Gasteiger charge is -2.41. The van der Waals surface area contributed by atoms with Crippen molar-refractivity contribution >= 4 is 16.4 Å². The molecule has 0 aromatic heterocycles. The number of unbranched alkanes of at least 4 members (excludes halogenated alkanes) is 11. The molecule has 0 bridgehead atoms. The summed E-state index contributed by atoms with van der Waals surface area (Å²) in [5.74, 6) is -0.462. The van der Waals surface area contributed by atoms with Crippen molar-refractivity contribution in [3.63, 3.8) is 0 Å². The number of rotatable bonds is 44. The van der Waals surface area contributed by atoms with Crippen LogP contribution in [0.25, 0.3) is 0 Å². The van der Waals surface area contributed by atoms with Gasteiger partial charge in [0.05, 0.1) is 19.8 Å². The van der Waals surface area contributed by atoms with Crippen molar-refractivity contribution in [2.75, 3.05) is 26.4 Å². The normalized spacial score (nSPS) is 20.1. The van der Waals surface area contributed by atoms with E-state index in [0.29, 0.717) is 19.4 Å². The Morgan fingerprint density at radius 2 is 0.943 bits per heavy atom. The number of aliphatic hydroxyl groups is 3. The molecule has 1 rings (SSSR count). The monoisotopic (exact) mass is 1000 g/mol. The molecule has 0 saturated carbocycles. The van der Waals surface area contributed by atoms with Gasteiger partial charge in [-0.05, 0) is 96.3 Å². The first-order valence-corrected chi connectivity index (χ1v) is 27.7. The van der Waals surface area contributed by atoms with E-state index in [-0.39, 0.29) is 19.6 Å². The molecule has 1 fully saturated rings. The molecule has 1 aliphatic rings. The van der Waals surface area contributed by atoms with Gasteiger partial charge < -0.3 is 34.3 Å². The Hall–Kier alpha value is -3.50. The van der Waals surface area contributed by atoms with Gasteiger partial charge in [-0.2, -0.15) is 8.42 Å². The molecule has 0 aromatic rings. The predicted octanol–water partition coefficient (Wildman–Crippen LogP) is 12.5. The van der Waals surface area contributed by atoms with Gasteiger partial charge >= 0.3 is 16.4 Å². The van der Waals surface area contributed by atoms with Crippen LogP contribution in [0, 0.1) is 0 Å². The molecule has 0 spiro atoms. The van der Waals surface area contributed by atoms with Gasteiger partial charge in [0.25, 0.3) is 0 Å². The van der Waals surface area contributed by atoms with Crippen molar-refractivity contribution in [2.45, 2.75) is 205 Å². The molecule has 1 heterocycles. The fraction of sp³-hybridized carbons (Fsp3) is 0.632. The summed E-state index contributed by atoms with van der Waals surface area (Å²) in [7, 11) is -5.08. The van der Waals surface area contributed by atoms with Crippen molar-refractivity contribution < 1.29 is 56.2 Å². The number of hydrogen-bond donors (Lipinski definition) is 4. The average Bonchev–Trinajstić information content (AvgIpc) is 3.34. The molecule has 4 N–H and O–H groups in total. The average molecular weight is 1000 g/mol. The zero-order valence-electron chi connectivity index (χ0n) is 42.8. The van der Waals surface area contributed by atoms with Crippen molar-refractivity contribution in [3.05, 3.63) is 122 Å². The molecule has 12 nitrogen and oxygen atoms in total. The molecule has 398 valence electrons. The van der Waals surface area contributed by atoms with Gasteiger partial charge in [0.15, 0.2) is 6.29 Å². The zero-order valence-corrected chi connectivity index (χ0v) is 43.6. The third-order valence-corrected chi connectivity index (χ3v) is 11.5. The second-order valence-corrected chi connectivity index (χ2v) is 18.4. The maximum atomic E-state index is 12.9. The molecule has 0 aliphatic carbocycles. The van der Waals surface area contributed by atoms with Crippen LogP contribution < -0.4 is 0 Å². The van der Waals surface area contributed by atoms with Crippen molar-refractivity contribution in [2.24, 2.45) is 0 Å². The molecule has 0 radical (unpaired) electrons. The van der Waals surface area contributed by atoms with Gasteiger partial charge in [-0.3, -0.25) is 9.35 Å². The van der Waals surface area contributed by atoms with Crippen LogP contribution in [-0.4, -0.2) is 97.5 Å². The topological polar surface area (TPSA) is 178 Å². The molecular weight excluding hydrogens is 909 g/mol. The van der Waals surface area contributed by atoms with Crippen LogP contribution in [0.15, 0.2) is 122 Å². The molecule has 1 aliphatic heterocycles. The van der Waals surface area contributed by atoms with Gasteiger partial charge in [-0.25, -0.2) is 4.18 Å². The van der Waals surface area contributed by atoms with E-state index in [0.717, 1.165) is 89.9 Å². The smallest absolute Gasteiger partial charge is 0.397 e. The van der Waals surface area contributed by atoms with Gasteiger partial charge in [0.1, 0.15) is 30.5 Å². The molecule has 6 atom stereocenters. The Balaban J connectivity index is 2.37. The summed E-state index contributed by atoms with van der Waals surface area (Å²) >= 11 is 0. The third kappa shape index (κ3) is 39.2. The summed E-state index contributed by atoms with van der Waals surface area (Å²) in [5, 5.41) is 30.8. The van der Waals surface area contributed by atoms with Crippen LogP contribution in [0.2, 0.25) is 0 Å². The molecular formula is C57H92O12S. The standard InChI is InChI=1S/C57H92O12S/c1-3-5-7-9-11-13-15-17-19-21-22-23-24-25-26-27-28-29-31-33-35-37-39-41-43-45-47-65-49-51(50-66-57-55(61)56(69-70(62,63)64)54(60)52(48-58)68-57)67-53(59)46-44-42-40-38-36-34-32-30-20-18-16-14-12-10-8-6-4-2/h5-8,11-14,17-20,22-23,25-26,32,34,38,40,51-52,54-58,60-61H,3-4,9-10,15-16,21,24,27-31,33,35-37,39,41-50H2,1-2H3,(H,62,63,64)/b7-5-,8-6-,13-11-,14-12-,19-17-,20-18-,23-22-,26-25-,34-32-,40-38-. The van der Waals surface area contributed by atoms with Crippen molar-refractivity contribution in [1.82, 2.24) is 0 Å². The van der Waals surface area contributed by atoms with E-state index in [2.05, 4.69) is 133 Å². The number of aliphatic hydroxyl groups excluding tert-OH is 3. The lowest BCUT2D eigenvalue weighted by Crippen LogP contribution is -2.60. The number of hydrogen-bond acceptors (Lipinski definition) is 11. The van der Waals surface area contributed by atoms with Crippen LogP contribution in [-0.2, 0) is 38.3 Å². The second-order valence-electron chi connectivity index (χ2n) is 17.3. The van der Waals surface area contributed by atoms with E-state index < -0.39 is 59.8 Å². The SMILES string of the molecule is CC/C=C\C/C=C\C/C=C\C/C=C\C/C=C\CCCCCCCCCCCCOCC(COC1OC(CO)C(O)C(OS(=O)(=O)O)C1O)OC(=O)CCC/C=C\C/C=C\C/C=C\C/C=C\C/C=C\CC. The Morgan fingerprint density at radius 1 is 0.543 bits per heavy atom. The highest BCUT2D eigenvalue weighted by molar-refractivity contribution is 7.80. The van der Waals surface area contributed by atoms with E-state index in [1.807, 2.05) is 6.08 Å². The first kappa shape index (κ1) is 64.5. The minimum absolute atomic E-state index is 0.00140. The fourth-order valence-corrected chi connectivity index (χ4v) is 7.71. The Labute approximate surface area is 423 Å². The minimum atomic E-state index is -5.08. The first-order chi connectivity index (χ1) is 34.1. The van der Waals surface area contributed by atoms with Gasteiger partial charge in [0, 0.05) is 13.0 Å². The first-order valence-electron chi connectivity index (χ1n) is 26.3.